The van der Waals surface area contributed by atoms with Crippen LogP contribution in [0.5, 0.6) is 0 Å². The Kier molecular flexibility index (Phi) is 4.61. The average molecular weight is 359 g/mol. The van der Waals surface area contributed by atoms with E-state index < -0.39 is 6.10 Å². The summed E-state index contributed by atoms with van der Waals surface area (Å²) >= 11 is 1.56. The summed E-state index contributed by atoms with van der Waals surface area (Å²) in [5.74, 6) is 0.200. The van der Waals surface area contributed by atoms with E-state index in [9.17, 15) is 14.3 Å². The molecule has 2 aliphatic rings. The number of benzene rings is 1. The Morgan fingerprint density at radius 1 is 1.32 bits per heavy atom. The van der Waals surface area contributed by atoms with E-state index in [0.29, 0.717) is 6.42 Å². The predicted octanol–water partition coefficient (Wildman–Crippen LogP) is 4.11. The molecule has 1 saturated heterocycles. The smallest absolute Gasteiger partial charge is 0.226 e. The van der Waals surface area contributed by atoms with Crippen LogP contribution in [0.4, 0.5) is 4.39 Å². The Morgan fingerprint density at radius 3 is 2.84 bits per heavy atom. The second-order valence-electron chi connectivity index (χ2n) is 7.09. The molecule has 1 saturated carbocycles. The molecule has 25 heavy (non-hydrogen) atoms. The summed E-state index contributed by atoms with van der Waals surface area (Å²) < 4.78 is 13.1. The van der Waals surface area contributed by atoms with E-state index in [-0.39, 0.29) is 29.6 Å². The van der Waals surface area contributed by atoms with Crippen molar-refractivity contribution in [2.45, 2.75) is 43.7 Å². The minimum Gasteiger partial charge on any atom is -0.387 e. The Morgan fingerprint density at radius 2 is 2.12 bits per heavy atom. The van der Waals surface area contributed by atoms with Gasteiger partial charge >= 0.3 is 0 Å². The van der Waals surface area contributed by atoms with Gasteiger partial charge in [0.25, 0.3) is 0 Å². The number of carbonyl (C=O) groups excluding carboxylic acids is 1. The van der Waals surface area contributed by atoms with Crippen molar-refractivity contribution in [2.75, 3.05) is 6.54 Å². The molecule has 4 atom stereocenters. The molecule has 0 spiro atoms. The van der Waals surface area contributed by atoms with Crippen LogP contribution in [-0.2, 0) is 4.79 Å². The summed E-state index contributed by atoms with van der Waals surface area (Å²) in [6, 6.07) is 10.5. The lowest BCUT2D eigenvalue weighted by molar-refractivity contribution is -0.134. The number of aliphatic hydroxyl groups excluding tert-OH is 1. The quantitative estimate of drug-likeness (QED) is 0.873. The number of rotatable bonds is 5. The molecule has 2 heterocycles. The van der Waals surface area contributed by atoms with Gasteiger partial charge in [0.05, 0.1) is 6.10 Å². The zero-order valence-corrected chi connectivity index (χ0v) is 14.8. The topological polar surface area (TPSA) is 40.5 Å². The fraction of sp³-hybridized carbons (Fsp3) is 0.450. The number of nitrogens with zero attached hydrogens (tertiary/aromatic N) is 1. The van der Waals surface area contributed by atoms with E-state index in [4.69, 9.17) is 0 Å². The van der Waals surface area contributed by atoms with Gasteiger partial charge in [-0.15, -0.1) is 11.3 Å². The molecular weight excluding hydrogens is 337 g/mol. The molecule has 1 aliphatic carbocycles. The van der Waals surface area contributed by atoms with Crippen molar-refractivity contribution in [1.29, 1.82) is 0 Å². The molecule has 4 rings (SSSR count). The van der Waals surface area contributed by atoms with Gasteiger partial charge in [0, 0.05) is 23.4 Å². The summed E-state index contributed by atoms with van der Waals surface area (Å²) in [6.07, 6.45) is 2.93. The maximum Gasteiger partial charge on any atom is 0.226 e. The van der Waals surface area contributed by atoms with Gasteiger partial charge in [-0.25, -0.2) is 4.39 Å². The van der Waals surface area contributed by atoms with E-state index in [0.717, 1.165) is 36.2 Å². The number of amides is 1. The Bertz CT molecular complexity index is 731. The zero-order valence-electron chi connectivity index (χ0n) is 14.0. The fourth-order valence-electron chi connectivity index (χ4n) is 3.98. The van der Waals surface area contributed by atoms with Crippen molar-refractivity contribution in [3.05, 3.63) is 58.0 Å². The molecule has 0 unspecified atom stereocenters. The van der Waals surface area contributed by atoms with Crippen molar-refractivity contribution in [1.82, 2.24) is 4.90 Å². The van der Waals surface area contributed by atoms with Crippen molar-refractivity contribution in [2.24, 2.45) is 5.92 Å². The van der Waals surface area contributed by atoms with Gasteiger partial charge in [-0.1, -0.05) is 18.2 Å². The molecule has 132 valence electrons. The minimum absolute atomic E-state index is 0.0185. The first-order chi connectivity index (χ1) is 12.1. The minimum atomic E-state index is -0.495. The zero-order chi connectivity index (χ0) is 17.4. The van der Waals surface area contributed by atoms with Crippen LogP contribution in [0, 0.1) is 11.7 Å². The molecule has 3 nitrogen and oxygen atoms in total. The van der Waals surface area contributed by atoms with Gasteiger partial charge in [0.2, 0.25) is 5.91 Å². The molecule has 0 radical (unpaired) electrons. The lowest BCUT2D eigenvalue weighted by atomic mass is 10.0. The van der Waals surface area contributed by atoms with Gasteiger partial charge in [0.15, 0.2) is 0 Å². The average Bonchev–Trinajstić information content (AvgIpc) is 3.00. The molecule has 2 aromatic rings. The van der Waals surface area contributed by atoms with Gasteiger partial charge in [-0.05, 0) is 60.7 Å². The third-order valence-corrected chi connectivity index (χ3v) is 6.41. The summed E-state index contributed by atoms with van der Waals surface area (Å²) in [5.41, 5.74) is 1.05. The molecule has 2 fully saturated rings. The van der Waals surface area contributed by atoms with E-state index in [2.05, 4.69) is 0 Å². The van der Waals surface area contributed by atoms with Crippen molar-refractivity contribution in [3.63, 3.8) is 0 Å². The van der Waals surface area contributed by atoms with Gasteiger partial charge < -0.3 is 10.0 Å². The van der Waals surface area contributed by atoms with Crippen LogP contribution in [0.2, 0.25) is 0 Å². The molecule has 1 aromatic carbocycles. The van der Waals surface area contributed by atoms with Gasteiger partial charge in [0.1, 0.15) is 5.82 Å². The van der Waals surface area contributed by atoms with E-state index >= 15 is 0 Å². The van der Waals surface area contributed by atoms with Gasteiger partial charge in [-0.2, -0.15) is 0 Å². The van der Waals surface area contributed by atoms with Crippen molar-refractivity contribution < 1.29 is 14.3 Å². The normalized spacial score (nSPS) is 26.6. The number of carbonyl (C=O) groups is 1. The highest BCUT2D eigenvalue weighted by Crippen LogP contribution is 2.49. The lowest BCUT2D eigenvalue weighted by Crippen LogP contribution is -2.37. The highest BCUT2D eigenvalue weighted by molar-refractivity contribution is 7.10. The standard InChI is InChI=1S/C20H22FNO2S/c21-14-7-5-13(6-8-14)16-12-17(16)20(24)22-9-1-3-15(22)11-18(23)19-4-2-10-25-19/h2,4-8,10,15-18,23H,1,3,9,11-12H2/t15-,16-,17-,18+/m1/s1. The molecule has 0 bridgehead atoms. The maximum absolute atomic E-state index is 13.1. The summed E-state index contributed by atoms with van der Waals surface area (Å²) in [7, 11) is 0. The largest absolute Gasteiger partial charge is 0.387 e. The van der Waals surface area contributed by atoms with Crippen LogP contribution in [0.15, 0.2) is 41.8 Å². The van der Waals surface area contributed by atoms with Crippen LogP contribution in [0.25, 0.3) is 0 Å². The van der Waals surface area contributed by atoms with Crippen LogP contribution < -0.4 is 0 Å². The SMILES string of the molecule is O=C([C@@H]1C[C@@H]1c1ccc(F)cc1)N1CCC[C@@H]1C[C@H](O)c1cccs1. The Labute approximate surface area is 151 Å². The molecular formula is C20H22FNO2S. The number of hydrogen-bond donors (Lipinski definition) is 1. The number of thiophene rings is 1. The first-order valence-electron chi connectivity index (χ1n) is 8.91. The number of halogens is 1. The Balaban J connectivity index is 1.39. The molecule has 1 aliphatic heterocycles. The highest BCUT2D eigenvalue weighted by Gasteiger charge is 2.47. The Hall–Kier alpha value is -1.72. The lowest BCUT2D eigenvalue weighted by Gasteiger charge is -2.26. The van der Waals surface area contributed by atoms with Crippen LogP contribution in [0.1, 0.15) is 48.1 Å². The van der Waals surface area contributed by atoms with Crippen molar-refractivity contribution >= 4 is 17.2 Å². The molecule has 5 heteroatoms. The second-order valence-corrected chi connectivity index (χ2v) is 8.07. The molecule has 1 N–H and O–H groups in total. The molecule has 1 aromatic heterocycles. The predicted molar refractivity (Wildman–Crippen MR) is 95.9 cm³/mol. The van der Waals surface area contributed by atoms with E-state index in [1.165, 1.54) is 12.1 Å². The van der Waals surface area contributed by atoms with Crippen LogP contribution >= 0.6 is 11.3 Å². The number of hydrogen-bond acceptors (Lipinski definition) is 3. The van der Waals surface area contributed by atoms with Gasteiger partial charge in [-0.3, -0.25) is 4.79 Å². The summed E-state index contributed by atoms with van der Waals surface area (Å²) in [5, 5.41) is 12.4. The third kappa shape index (κ3) is 3.48. The number of aliphatic hydroxyl groups is 1. The number of likely N-dealkylation sites (tertiary alicyclic amines) is 1. The third-order valence-electron chi connectivity index (χ3n) is 5.43. The summed E-state index contributed by atoms with van der Waals surface area (Å²) in [6.45, 7) is 0.785. The first kappa shape index (κ1) is 16.7. The van der Waals surface area contributed by atoms with Crippen LogP contribution in [-0.4, -0.2) is 28.5 Å². The van der Waals surface area contributed by atoms with E-state index in [1.54, 1.807) is 23.5 Å². The van der Waals surface area contributed by atoms with Crippen LogP contribution in [0.3, 0.4) is 0 Å². The molecule has 1 amide bonds. The first-order valence-corrected chi connectivity index (χ1v) is 9.79. The maximum atomic E-state index is 13.1. The van der Waals surface area contributed by atoms with E-state index in [1.807, 2.05) is 22.4 Å². The second kappa shape index (κ2) is 6.89. The monoisotopic (exact) mass is 359 g/mol. The highest BCUT2D eigenvalue weighted by atomic mass is 32.1. The van der Waals surface area contributed by atoms with Crippen molar-refractivity contribution in [3.8, 4) is 0 Å². The summed E-state index contributed by atoms with van der Waals surface area (Å²) in [4.78, 5) is 15.9. The fourth-order valence-corrected chi connectivity index (χ4v) is 4.71.